The van der Waals surface area contributed by atoms with Crippen LogP contribution in [0.1, 0.15) is 12.5 Å². The van der Waals surface area contributed by atoms with Crippen molar-refractivity contribution in [2.24, 2.45) is 5.73 Å². The fourth-order valence-corrected chi connectivity index (χ4v) is 1.96. The van der Waals surface area contributed by atoms with Crippen LogP contribution in [0.2, 0.25) is 0 Å². The van der Waals surface area contributed by atoms with E-state index in [0.29, 0.717) is 13.2 Å². The van der Waals surface area contributed by atoms with Crippen LogP contribution in [0.3, 0.4) is 0 Å². The second-order valence-corrected chi connectivity index (χ2v) is 4.28. The largest absolute Gasteiger partial charge is 0.489 e. The highest BCUT2D eigenvalue weighted by Crippen LogP contribution is 2.34. The molecule has 74 valence electrons. The minimum Gasteiger partial charge on any atom is -0.489 e. The second kappa shape index (κ2) is 3.75. The van der Waals surface area contributed by atoms with Crippen LogP contribution in [0.25, 0.3) is 5.57 Å². The van der Waals surface area contributed by atoms with Crippen LogP contribution < -0.4 is 10.5 Å². The Hall–Kier alpha value is -0.800. The van der Waals surface area contributed by atoms with Gasteiger partial charge in [0, 0.05) is 16.6 Å². The van der Waals surface area contributed by atoms with E-state index >= 15 is 0 Å². The lowest BCUT2D eigenvalue weighted by molar-refractivity contribution is 0.344. The van der Waals surface area contributed by atoms with Crippen molar-refractivity contribution in [2.75, 3.05) is 13.2 Å². The van der Waals surface area contributed by atoms with Gasteiger partial charge in [-0.3, -0.25) is 0 Å². The molecule has 0 spiro atoms. The summed E-state index contributed by atoms with van der Waals surface area (Å²) in [5.41, 5.74) is 9.21. The summed E-state index contributed by atoms with van der Waals surface area (Å²) < 4.78 is 6.66. The summed E-state index contributed by atoms with van der Waals surface area (Å²) in [5.74, 6) is 0.947. The first-order valence-electron chi connectivity index (χ1n) is 4.54. The Balaban J connectivity index is 2.55. The average molecular weight is 254 g/mol. The van der Waals surface area contributed by atoms with Crippen molar-refractivity contribution in [2.45, 2.75) is 6.92 Å². The zero-order valence-corrected chi connectivity index (χ0v) is 9.60. The van der Waals surface area contributed by atoms with Gasteiger partial charge >= 0.3 is 0 Å². The van der Waals surface area contributed by atoms with Crippen molar-refractivity contribution in [3.05, 3.63) is 33.8 Å². The molecule has 0 bridgehead atoms. The molecular formula is C11H12BrNO. The lowest BCUT2D eigenvalue weighted by Gasteiger charge is -2.21. The summed E-state index contributed by atoms with van der Waals surface area (Å²) in [6.45, 7) is 3.28. The van der Waals surface area contributed by atoms with Gasteiger partial charge in [0.15, 0.2) is 0 Å². The molecule has 1 heterocycles. The zero-order valence-electron chi connectivity index (χ0n) is 8.01. The number of allylic oxidation sites excluding steroid dienone is 1. The summed E-state index contributed by atoms with van der Waals surface area (Å²) in [5, 5.41) is 0. The molecule has 2 nitrogen and oxygen atoms in total. The lowest BCUT2D eigenvalue weighted by Crippen LogP contribution is -2.17. The first-order chi connectivity index (χ1) is 6.72. The summed E-state index contributed by atoms with van der Waals surface area (Å²) in [6.07, 6.45) is 0. The van der Waals surface area contributed by atoms with E-state index in [1.165, 1.54) is 11.1 Å². The van der Waals surface area contributed by atoms with Crippen LogP contribution in [0.5, 0.6) is 5.75 Å². The topological polar surface area (TPSA) is 35.2 Å². The van der Waals surface area contributed by atoms with Crippen molar-refractivity contribution < 1.29 is 4.74 Å². The van der Waals surface area contributed by atoms with Crippen molar-refractivity contribution in [1.82, 2.24) is 0 Å². The third kappa shape index (κ3) is 1.57. The molecule has 0 unspecified atom stereocenters. The molecule has 0 aliphatic carbocycles. The van der Waals surface area contributed by atoms with Gasteiger partial charge < -0.3 is 10.5 Å². The Morgan fingerprint density at radius 3 is 3.00 bits per heavy atom. The maximum atomic E-state index is 5.64. The molecule has 0 radical (unpaired) electrons. The van der Waals surface area contributed by atoms with E-state index in [0.717, 1.165) is 15.8 Å². The standard InChI is InChI=1S/C11H12BrNO/c1-7-8(5-13)6-14-11-3-2-9(12)4-10(7)11/h2-4H,5-6,13H2,1H3. The maximum Gasteiger partial charge on any atom is 0.127 e. The van der Waals surface area contributed by atoms with Crippen LogP contribution in [-0.4, -0.2) is 13.2 Å². The van der Waals surface area contributed by atoms with E-state index in [2.05, 4.69) is 28.9 Å². The Kier molecular flexibility index (Phi) is 2.61. The molecule has 1 aliphatic rings. The van der Waals surface area contributed by atoms with Gasteiger partial charge in [-0.2, -0.15) is 0 Å². The minimum absolute atomic E-state index is 0.567. The van der Waals surface area contributed by atoms with Gasteiger partial charge in [-0.15, -0.1) is 0 Å². The summed E-state index contributed by atoms with van der Waals surface area (Å²) in [7, 11) is 0. The summed E-state index contributed by atoms with van der Waals surface area (Å²) in [4.78, 5) is 0. The molecule has 2 N–H and O–H groups in total. The van der Waals surface area contributed by atoms with Crippen molar-refractivity contribution in [3.8, 4) is 5.75 Å². The molecule has 0 aromatic heterocycles. The Morgan fingerprint density at radius 2 is 2.29 bits per heavy atom. The third-order valence-electron chi connectivity index (χ3n) is 2.52. The Morgan fingerprint density at radius 1 is 1.50 bits per heavy atom. The molecular weight excluding hydrogens is 242 g/mol. The Labute approximate surface area is 91.9 Å². The maximum absolute atomic E-state index is 5.64. The van der Waals surface area contributed by atoms with E-state index in [1.807, 2.05) is 12.1 Å². The van der Waals surface area contributed by atoms with E-state index in [4.69, 9.17) is 10.5 Å². The van der Waals surface area contributed by atoms with Gasteiger partial charge in [0.25, 0.3) is 0 Å². The van der Waals surface area contributed by atoms with Crippen molar-refractivity contribution >= 4 is 21.5 Å². The number of hydrogen-bond donors (Lipinski definition) is 1. The predicted octanol–water partition coefficient (Wildman–Crippen LogP) is 2.57. The van der Waals surface area contributed by atoms with Gasteiger partial charge in [-0.1, -0.05) is 15.9 Å². The van der Waals surface area contributed by atoms with Crippen molar-refractivity contribution in [3.63, 3.8) is 0 Å². The lowest BCUT2D eigenvalue weighted by atomic mass is 9.99. The SMILES string of the molecule is CC1=C(CN)COc2ccc(Br)cc21. The molecule has 1 aliphatic heterocycles. The number of benzene rings is 1. The van der Waals surface area contributed by atoms with Gasteiger partial charge in [0.05, 0.1) is 0 Å². The minimum atomic E-state index is 0.567. The monoisotopic (exact) mass is 253 g/mol. The van der Waals surface area contributed by atoms with E-state index in [9.17, 15) is 0 Å². The Bertz CT molecular complexity index is 398. The highest BCUT2D eigenvalue weighted by molar-refractivity contribution is 9.10. The predicted molar refractivity (Wildman–Crippen MR) is 61.3 cm³/mol. The molecule has 0 saturated heterocycles. The van der Waals surface area contributed by atoms with Gasteiger partial charge in [-0.25, -0.2) is 0 Å². The average Bonchev–Trinajstić information content (AvgIpc) is 2.20. The fraction of sp³-hybridized carbons (Fsp3) is 0.273. The van der Waals surface area contributed by atoms with Crippen LogP contribution in [-0.2, 0) is 0 Å². The molecule has 0 atom stereocenters. The zero-order chi connectivity index (χ0) is 10.1. The molecule has 1 aromatic rings. The van der Waals surface area contributed by atoms with Crippen LogP contribution in [0.15, 0.2) is 28.2 Å². The highest BCUT2D eigenvalue weighted by atomic mass is 79.9. The van der Waals surface area contributed by atoms with Crippen LogP contribution in [0, 0.1) is 0 Å². The van der Waals surface area contributed by atoms with E-state index < -0.39 is 0 Å². The van der Waals surface area contributed by atoms with Gasteiger partial charge in [-0.05, 0) is 36.3 Å². The van der Waals surface area contributed by atoms with Crippen LogP contribution in [0.4, 0.5) is 0 Å². The highest BCUT2D eigenvalue weighted by Gasteiger charge is 2.15. The second-order valence-electron chi connectivity index (χ2n) is 3.36. The number of halogens is 1. The quantitative estimate of drug-likeness (QED) is 0.835. The fourth-order valence-electron chi connectivity index (χ4n) is 1.60. The first-order valence-corrected chi connectivity index (χ1v) is 5.33. The molecule has 0 fully saturated rings. The molecule has 3 heteroatoms. The molecule has 0 amide bonds. The first kappa shape index (κ1) is 9.74. The molecule has 0 saturated carbocycles. The molecule has 2 rings (SSSR count). The normalized spacial score (nSPS) is 15.1. The third-order valence-corrected chi connectivity index (χ3v) is 3.02. The van der Waals surface area contributed by atoms with Crippen LogP contribution >= 0.6 is 15.9 Å². The van der Waals surface area contributed by atoms with E-state index in [-0.39, 0.29) is 0 Å². The van der Waals surface area contributed by atoms with E-state index in [1.54, 1.807) is 0 Å². The van der Waals surface area contributed by atoms with Gasteiger partial charge in [0.2, 0.25) is 0 Å². The molecule has 1 aromatic carbocycles. The number of nitrogens with two attached hydrogens (primary N) is 1. The van der Waals surface area contributed by atoms with Gasteiger partial charge in [0.1, 0.15) is 12.4 Å². The molecule has 14 heavy (non-hydrogen) atoms. The summed E-state index contributed by atoms with van der Waals surface area (Å²) in [6, 6.07) is 6.04. The number of ether oxygens (including phenoxy) is 1. The van der Waals surface area contributed by atoms with Crippen molar-refractivity contribution in [1.29, 1.82) is 0 Å². The number of hydrogen-bond acceptors (Lipinski definition) is 2. The summed E-state index contributed by atoms with van der Waals surface area (Å²) >= 11 is 3.45. The smallest absolute Gasteiger partial charge is 0.127 e. The number of fused-ring (bicyclic) bond motifs is 1. The number of rotatable bonds is 1.